The molecule has 0 aromatic carbocycles. The standard InChI is InChI=1S/C19H25N5O3/c20-11-15-3-1-7-21-17(15)24-8-5-14(6-9-24)12-22-18(25)19(26)23-13-16-4-2-10-27-16/h1,3,7,14,16H,2,4-6,8-10,12-13H2,(H,22,25)(H,23,26)/t16-/m1/s1. The van der Waals surface area contributed by atoms with E-state index in [0.29, 0.717) is 24.6 Å². The summed E-state index contributed by atoms with van der Waals surface area (Å²) in [5.41, 5.74) is 0.576. The van der Waals surface area contributed by atoms with Crippen molar-refractivity contribution in [3.05, 3.63) is 23.9 Å². The lowest BCUT2D eigenvalue weighted by molar-refractivity contribution is -0.139. The Morgan fingerprint density at radius 1 is 1.22 bits per heavy atom. The molecule has 2 saturated heterocycles. The van der Waals surface area contributed by atoms with E-state index in [-0.39, 0.29) is 6.10 Å². The Morgan fingerprint density at radius 3 is 2.63 bits per heavy atom. The van der Waals surface area contributed by atoms with Crippen molar-refractivity contribution in [3.8, 4) is 6.07 Å². The lowest BCUT2D eigenvalue weighted by Gasteiger charge is -2.33. The molecular formula is C19H25N5O3. The number of pyridine rings is 1. The minimum atomic E-state index is -0.602. The topological polar surface area (TPSA) is 107 Å². The summed E-state index contributed by atoms with van der Waals surface area (Å²) in [5, 5.41) is 14.6. The van der Waals surface area contributed by atoms with Crippen LogP contribution >= 0.6 is 0 Å². The number of amides is 2. The van der Waals surface area contributed by atoms with Gasteiger partial charge < -0.3 is 20.3 Å². The van der Waals surface area contributed by atoms with Gasteiger partial charge in [0.1, 0.15) is 11.9 Å². The zero-order valence-electron chi connectivity index (χ0n) is 15.3. The molecule has 0 bridgehead atoms. The van der Waals surface area contributed by atoms with E-state index in [1.165, 1.54) is 0 Å². The van der Waals surface area contributed by atoms with Crippen LogP contribution in [-0.4, -0.2) is 55.7 Å². The van der Waals surface area contributed by atoms with E-state index >= 15 is 0 Å². The number of hydrogen-bond donors (Lipinski definition) is 2. The van der Waals surface area contributed by atoms with E-state index in [1.54, 1.807) is 18.3 Å². The monoisotopic (exact) mass is 371 g/mol. The summed E-state index contributed by atoms with van der Waals surface area (Å²) in [7, 11) is 0. The van der Waals surface area contributed by atoms with Crippen molar-refractivity contribution in [2.24, 2.45) is 5.92 Å². The summed E-state index contributed by atoms with van der Waals surface area (Å²) in [5.74, 6) is -0.164. The largest absolute Gasteiger partial charge is 0.376 e. The first kappa shape index (κ1) is 19.1. The number of ether oxygens (including phenoxy) is 1. The van der Waals surface area contributed by atoms with E-state index in [2.05, 4.69) is 26.6 Å². The highest BCUT2D eigenvalue weighted by atomic mass is 16.5. The third-order valence-corrected chi connectivity index (χ3v) is 5.09. The van der Waals surface area contributed by atoms with Crippen LogP contribution in [-0.2, 0) is 14.3 Å². The fourth-order valence-corrected chi connectivity index (χ4v) is 3.49. The smallest absolute Gasteiger partial charge is 0.309 e. The summed E-state index contributed by atoms with van der Waals surface area (Å²) < 4.78 is 5.42. The molecule has 3 heterocycles. The first-order valence-electron chi connectivity index (χ1n) is 9.45. The van der Waals surface area contributed by atoms with E-state index in [4.69, 9.17) is 4.74 Å². The number of carbonyl (C=O) groups is 2. The van der Waals surface area contributed by atoms with E-state index in [0.717, 1.165) is 51.2 Å². The summed E-state index contributed by atoms with van der Waals surface area (Å²) in [6.07, 6.45) is 5.39. The maximum absolute atomic E-state index is 11.9. The molecule has 2 aliphatic heterocycles. The van der Waals surface area contributed by atoms with Crippen LogP contribution in [0.3, 0.4) is 0 Å². The second kappa shape index (κ2) is 9.33. The van der Waals surface area contributed by atoms with Gasteiger partial charge in [-0.05, 0) is 43.7 Å². The van der Waals surface area contributed by atoms with Gasteiger partial charge in [-0.1, -0.05) is 0 Å². The second-order valence-corrected chi connectivity index (χ2v) is 6.97. The maximum Gasteiger partial charge on any atom is 0.309 e. The molecular weight excluding hydrogens is 346 g/mol. The van der Waals surface area contributed by atoms with Crippen LogP contribution in [0.5, 0.6) is 0 Å². The first-order chi connectivity index (χ1) is 13.2. The summed E-state index contributed by atoms with van der Waals surface area (Å²) >= 11 is 0. The molecule has 1 atom stereocenters. The maximum atomic E-state index is 11.9. The van der Waals surface area contributed by atoms with Gasteiger partial charge in [-0.3, -0.25) is 9.59 Å². The zero-order valence-corrected chi connectivity index (χ0v) is 15.3. The van der Waals surface area contributed by atoms with Crippen molar-refractivity contribution >= 4 is 17.6 Å². The number of aromatic nitrogens is 1. The molecule has 144 valence electrons. The average molecular weight is 371 g/mol. The highest BCUT2D eigenvalue weighted by Gasteiger charge is 2.24. The molecule has 2 N–H and O–H groups in total. The van der Waals surface area contributed by atoms with Gasteiger partial charge in [-0.15, -0.1) is 0 Å². The molecule has 0 unspecified atom stereocenters. The van der Waals surface area contributed by atoms with Crippen LogP contribution in [0.25, 0.3) is 0 Å². The molecule has 1 aromatic rings. The van der Waals surface area contributed by atoms with Crippen LogP contribution in [0.15, 0.2) is 18.3 Å². The van der Waals surface area contributed by atoms with Crippen molar-refractivity contribution in [1.29, 1.82) is 5.26 Å². The summed E-state index contributed by atoms with van der Waals surface area (Å²) in [6.45, 7) is 3.14. The predicted molar refractivity (Wildman–Crippen MR) is 98.9 cm³/mol. The number of nitrogens with zero attached hydrogens (tertiary/aromatic N) is 3. The fourth-order valence-electron chi connectivity index (χ4n) is 3.49. The minimum Gasteiger partial charge on any atom is -0.376 e. The van der Waals surface area contributed by atoms with Gasteiger partial charge in [0.05, 0.1) is 11.7 Å². The number of hydrogen-bond acceptors (Lipinski definition) is 6. The van der Waals surface area contributed by atoms with Crippen LogP contribution in [0.1, 0.15) is 31.2 Å². The van der Waals surface area contributed by atoms with Crippen LogP contribution < -0.4 is 15.5 Å². The predicted octanol–water partition coefficient (Wildman–Crippen LogP) is 0.581. The van der Waals surface area contributed by atoms with Gasteiger partial charge in [0.25, 0.3) is 0 Å². The third-order valence-electron chi connectivity index (χ3n) is 5.09. The Balaban J connectivity index is 1.38. The number of nitriles is 1. The Labute approximate surface area is 158 Å². The van der Waals surface area contributed by atoms with E-state index in [1.807, 2.05) is 0 Å². The minimum absolute atomic E-state index is 0.0241. The van der Waals surface area contributed by atoms with Gasteiger partial charge >= 0.3 is 11.8 Å². The van der Waals surface area contributed by atoms with Crippen LogP contribution in [0, 0.1) is 17.2 Å². The number of nitrogens with one attached hydrogen (secondary N) is 2. The van der Waals surface area contributed by atoms with Crippen molar-refractivity contribution in [2.75, 3.05) is 37.7 Å². The molecule has 2 aliphatic rings. The van der Waals surface area contributed by atoms with Crippen molar-refractivity contribution in [2.45, 2.75) is 31.8 Å². The molecule has 0 spiro atoms. The normalized spacial score (nSPS) is 20.1. The molecule has 0 aliphatic carbocycles. The highest BCUT2D eigenvalue weighted by molar-refractivity contribution is 6.35. The van der Waals surface area contributed by atoms with Gasteiger partial charge in [-0.25, -0.2) is 4.98 Å². The Morgan fingerprint density at radius 2 is 1.96 bits per heavy atom. The number of piperidine rings is 1. The molecule has 2 fully saturated rings. The summed E-state index contributed by atoms with van der Waals surface area (Å²) in [4.78, 5) is 30.2. The Hall–Kier alpha value is -2.66. The Bertz CT molecular complexity index is 704. The van der Waals surface area contributed by atoms with E-state index < -0.39 is 11.8 Å². The molecule has 3 rings (SSSR count). The molecule has 0 saturated carbocycles. The molecule has 2 amide bonds. The lowest BCUT2D eigenvalue weighted by atomic mass is 9.96. The van der Waals surface area contributed by atoms with Gasteiger partial charge in [-0.2, -0.15) is 5.26 Å². The van der Waals surface area contributed by atoms with Crippen LogP contribution in [0.4, 0.5) is 5.82 Å². The average Bonchev–Trinajstić information content (AvgIpc) is 3.24. The quantitative estimate of drug-likeness (QED) is 0.733. The van der Waals surface area contributed by atoms with Crippen molar-refractivity contribution < 1.29 is 14.3 Å². The molecule has 8 heteroatoms. The molecule has 0 radical (unpaired) electrons. The zero-order chi connectivity index (χ0) is 19.1. The van der Waals surface area contributed by atoms with Gasteiger partial charge in [0.2, 0.25) is 0 Å². The van der Waals surface area contributed by atoms with Crippen molar-refractivity contribution in [1.82, 2.24) is 15.6 Å². The molecule has 1 aromatic heterocycles. The Kier molecular flexibility index (Phi) is 6.60. The third kappa shape index (κ3) is 5.17. The van der Waals surface area contributed by atoms with E-state index in [9.17, 15) is 14.9 Å². The van der Waals surface area contributed by atoms with Crippen LogP contribution in [0.2, 0.25) is 0 Å². The first-order valence-corrected chi connectivity index (χ1v) is 9.45. The molecule has 27 heavy (non-hydrogen) atoms. The lowest BCUT2D eigenvalue weighted by Crippen LogP contribution is -2.45. The number of carbonyl (C=O) groups excluding carboxylic acids is 2. The van der Waals surface area contributed by atoms with Crippen molar-refractivity contribution in [3.63, 3.8) is 0 Å². The molecule has 8 nitrogen and oxygen atoms in total. The summed E-state index contributed by atoms with van der Waals surface area (Å²) in [6, 6.07) is 5.70. The number of anilines is 1. The fraction of sp³-hybridized carbons (Fsp3) is 0.579. The van der Waals surface area contributed by atoms with Gasteiger partial charge in [0, 0.05) is 39.0 Å². The number of rotatable bonds is 5. The van der Waals surface area contributed by atoms with Gasteiger partial charge in [0.15, 0.2) is 0 Å². The second-order valence-electron chi connectivity index (χ2n) is 6.97. The highest BCUT2D eigenvalue weighted by Crippen LogP contribution is 2.23. The SMILES string of the molecule is N#Cc1cccnc1N1CCC(CNC(=O)C(=O)NC[C@H]2CCCO2)CC1.